The van der Waals surface area contributed by atoms with E-state index in [1.165, 1.54) is 37.3 Å². The summed E-state index contributed by atoms with van der Waals surface area (Å²) in [4.78, 5) is 28.7. The Balaban J connectivity index is 2.10. The highest BCUT2D eigenvalue weighted by molar-refractivity contribution is 7.92. The smallest absolute Gasteiger partial charge is 0.264 e. The first-order valence-electron chi connectivity index (χ1n) is 13.7. The molecule has 0 spiro atoms. The Hall–Kier alpha value is -3.76. The fourth-order valence-corrected chi connectivity index (χ4v) is 6.07. The third-order valence-corrected chi connectivity index (χ3v) is 8.92. The topological polar surface area (TPSA) is 105 Å². The molecule has 0 saturated heterocycles. The van der Waals surface area contributed by atoms with E-state index in [1.807, 2.05) is 13.8 Å². The summed E-state index contributed by atoms with van der Waals surface area (Å²) in [7, 11) is -1.41. The molecule has 0 bridgehead atoms. The van der Waals surface area contributed by atoms with Crippen molar-refractivity contribution in [1.82, 2.24) is 10.2 Å². The minimum atomic E-state index is -4.28. The largest absolute Gasteiger partial charge is 0.493 e. The van der Waals surface area contributed by atoms with Gasteiger partial charge in [-0.25, -0.2) is 8.42 Å². The van der Waals surface area contributed by atoms with E-state index in [-0.39, 0.29) is 23.1 Å². The Morgan fingerprint density at radius 3 is 2.21 bits per heavy atom. The number of methoxy groups -OCH3 is 2. The number of hydrogen-bond acceptors (Lipinski definition) is 6. The zero-order valence-electron chi connectivity index (χ0n) is 24.6. The van der Waals surface area contributed by atoms with E-state index in [4.69, 9.17) is 21.1 Å². The third kappa shape index (κ3) is 7.74. The lowest BCUT2D eigenvalue weighted by atomic mass is 10.1. The zero-order chi connectivity index (χ0) is 30.9. The van der Waals surface area contributed by atoms with Gasteiger partial charge in [0.25, 0.3) is 10.0 Å². The van der Waals surface area contributed by atoms with Crippen LogP contribution in [0.3, 0.4) is 0 Å². The quantitative estimate of drug-likeness (QED) is 0.267. The molecule has 0 aliphatic heterocycles. The van der Waals surface area contributed by atoms with E-state index >= 15 is 0 Å². The molecule has 0 aromatic heterocycles. The molecule has 0 fully saturated rings. The SMILES string of the molecule is CCCNC(=O)C(CC)N(Cc1ccccc1Cl)C(=O)CN(c1ccc(C)cc1)S(=O)(=O)c1ccc(OC)c(OC)c1. The molecule has 0 saturated carbocycles. The number of carbonyl (C=O) groups excluding carboxylic acids is 2. The summed E-state index contributed by atoms with van der Waals surface area (Å²) in [6.07, 6.45) is 1.05. The van der Waals surface area contributed by atoms with Gasteiger partial charge in [0.15, 0.2) is 11.5 Å². The molecular formula is C31H38ClN3O6S. The number of rotatable bonds is 14. The van der Waals surface area contributed by atoms with Crippen LogP contribution in [0.5, 0.6) is 11.5 Å². The molecule has 1 unspecified atom stereocenters. The predicted octanol–water partition coefficient (Wildman–Crippen LogP) is 5.19. The molecule has 1 N–H and O–H groups in total. The predicted molar refractivity (Wildman–Crippen MR) is 165 cm³/mol. The summed E-state index contributed by atoms with van der Waals surface area (Å²) in [6, 6.07) is 17.3. The first-order valence-corrected chi connectivity index (χ1v) is 15.5. The van der Waals surface area contributed by atoms with Crippen molar-refractivity contribution < 1.29 is 27.5 Å². The Morgan fingerprint density at radius 1 is 0.952 bits per heavy atom. The second-order valence-electron chi connectivity index (χ2n) is 9.69. The van der Waals surface area contributed by atoms with Gasteiger partial charge < -0.3 is 19.7 Å². The molecule has 2 amide bonds. The summed E-state index contributed by atoms with van der Waals surface area (Å²) >= 11 is 6.44. The van der Waals surface area contributed by atoms with Crippen molar-refractivity contribution in [2.24, 2.45) is 0 Å². The van der Waals surface area contributed by atoms with E-state index in [9.17, 15) is 18.0 Å². The standard InChI is InChI=1S/C31H38ClN3O6S/c1-6-18-33-31(37)27(7-2)34(20-23-10-8-9-11-26(23)32)30(36)21-35(24-14-12-22(3)13-15-24)42(38,39)25-16-17-28(40-4)29(19-25)41-5/h8-17,19,27H,6-7,18,20-21H2,1-5H3,(H,33,37). The molecule has 226 valence electrons. The number of benzene rings is 3. The zero-order valence-corrected chi connectivity index (χ0v) is 26.2. The molecule has 0 aliphatic carbocycles. The lowest BCUT2D eigenvalue weighted by Gasteiger charge is -2.33. The number of nitrogens with zero attached hydrogens (tertiary/aromatic N) is 2. The molecule has 0 heterocycles. The molecule has 3 aromatic carbocycles. The maximum absolute atomic E-state index is 14.1. The number of anilines is 1. The van der Waals surface area contributed by atoms with Crippen LogP contribution >= 0.6 is 11.6 Å². The summed E-state index contributed by atoms with van der Waals surface area (Å²) in [5.74, 6) is -0.278. The van der Waals surface area contributed by atoms with E-state index < -0.39 is 28.5 Å². The molecule has 1 atom stereocenters. The highest BCUT2D eigenvalue weighted by Gasteiger charge is 2.34. The number of halogens is 1. The summed E-state index contributed by atoms with van der Waals surface area (Å²) in [5, 5.41) is 3.30. The van der Waals surface area contributed by atoms with E-state index in [2.05, 4.69) is 5.32 Å². The highest BCUT2D eigenvalue weighted by atomic mass is 35.5. The minimum Gasteiger partial charge on any atom is -0.493 e. The minimum absolute atomic E-state index is 0.0225. The van der Waals surface area contributed by atoms with Gasteiger partial charge in [-0.3, -0.25) is 13.9 Å². The molecule has 42 heavy (non-hydrogen) atoms. The van der Waals surface area contributed by atoms with Crippen molar-refractivity contribution in [3.05, 3.63) is 82.9 Å². The van der Waals surface area contributed by atoms with E-state index in [0.29, 0.717) is 35.0 Å². The van der Waals surface area contributed by atoms with Crippen LogP contribution in [0.1, 0.15) is 37.8 Å². The van der Waals surface area contributed by atoms with Crippen molar-refractivity contribution in [2.45, 2.75) is 51.1 Å². The van der Waals surface area contributed by atoms with Gasteiger partial charge in [0, 0.05) is 24.2 Å². The first-order chi connectivity index (χ1) is 20.1. The normalized spacial score (nSPS) is 11.9. The maximum Gasteiger partial charge on any atom is 0.264 e. The maximum atomic E-state index is 14.1. The number of nitrogens with one attached hydrogen (secondary N) is 1. The molecule has 3 aromatic rings. The van der Waals surface area contributed by atoms with Gasteiger partial charge in [0.1, 0.15) is 12.6 Å². The van der Waals surface area contributed by atoms with Crippen LogP contribution < -0.4 is 19.1 Å². The number of hydrogen-bond donors (Lipinski definition) is 1. The van der Waals surface area contributed by atoms with Crippen molar-refractivity contribution in [2.75, 3.05) is 31.6 Å². The monoisotopic (exact) mass is 615 g/mol. The van der Waals surface area contributed by atoms with Crippen molar-refractivity contribution >= 4 is 39.1 Å². The van der Waals surface area contributed by atoms with Crippen LogP contribution in [0.15, 0.2) is 71.6 Å². The number of amides is 2. The Labute approximate surface area is 253 Å². The van der Waals surface area contributed by atoms with Gasteiger partial charge in [-0.15, -0.1) is 0 Å². The third-order valence-electron chi connectivity index (χ3n) is 6.78. The number of aryl methyl sites for hydroxylation is 1. The summed E-state index contributed by atoms with van der Waals surface area (Å²) in [5.41, 5.74) is 1.86. The molecule has 11 heteroatoms. The van der Waals surface area contributed by atoms with Crippen molar-refractivity contribution in [3.63, 3.8) is 0 Å². The van der Waals surface area contributed by atoms with Crippen LogP contribution in [0.2, 0.25) is 5.02 Å². The summed E-state index contributed by atoms with van der Waals surface area (Å²) < 4.78 is 39.9. The lowest BCUT2D eigenvalue weighted by Crippen LogP contribution is -2.52. The second kappa shape index (κ2) is 14.9. The lowest BCUT2D eigenvalue weighted by molar-refractivity contribution is -0.140. The number of carbonyl (C=O) groups is 2. The fraction of sp³-hybridized carbons (Fsp3) is 0.355. The Kier molecular flexibility index (Phi) is 11.6. The Morgan fingerprint density at radius 2 is 1.62 bits per heavy atom. The van der Waals surface area contributed by atoms with Crippen LogP contribution in [0.4, 0.5) is 5.69 Å². The van der Waals surface area contributed by atoms with Gasteiger partial charge in [0.05, 0.1) is 24.8 Å². The molecule has 9 nitrogen and oxygen atoms in total. The van der Waals surface area contributed by atoms with Gasteiger partial charge in [-0.1, -0.05) is 61.3 Å². The molecule has 0 aliphatic rings. The average Bonchev–Trinajstić information content (AvgIpc) is 2.99. The second-order valence-corrected chi connectivity index (χ2v) is 12.0. The van der Waals surface area contributed by atoms with E-state index in [1.54, 1.807) is 55.5 Å². The molecule has 3 rings (SSSR count). The van der Waals surface area contributed by atoms with Gasteiger partial charge in [0.2, 0.25) is 11.8 Å². The van der Waals surface area contributed by atoms with E-state index in [0.717, 1.165) is 16.3 Å². The van der Waals surface area contributed by atoms with Crippen LogP contribution in [-0.4, -0.2) is 58.5 Å². The van der Waals surface area contributed by atoms with Gasteiger partial charge in [-0.2, -0.15) is 0 Å². The average molecular weight is 616 g/mol. The Bertz CT molecular complexity index is 1480. The fourth-order valence-electron chi connectivity index (χ4n) is 4.44. The number of sulfonamides is 1. The van der Waals surface area contributed by atoms with Crippen molar-refractivity contribution in [1.29, 1.82) is 0 Å². The van der Waals surface area contributed by atoms with Crippen LogP contribution in [0, 0.1) is 6.92 Å². The summed E-state index contributed by atoms with van der Waals surface area (Å²) in [6.45, 7) is 5.55. The van der Waals surface area contributed by atoms with Gasteiger partial charge >= 0.3 is 0 Å². The van der Waals surface area contributed by atoms with Crippen LogP contribution in [0.25, 0.3) is 0 Å². The van der Waals surface area contributed by atoms with Crippen LogP contribution in [-0.2, 0) is 26.2 Å². The molecule has 0 radical (unpaired) electrons. The van der Waals surface area contributed by atoms with Gasteiger partial charge in [-0.05, 0) is 55.7 Å². The highest BCUT2D eigenvalue weighted by Crippen LogP contribution is 2.32. The van der Waals surface area contributed by atoms with Crippen molar-refractivity contribution in [3.8, 4) is 11.5 Å². The first kappa shape index (κ1) is 32.8. The molecular weight excluding hydrogens is 578 g/mol. The number of ether oxygens (including phenoxy) is 2.